The van der Waals surface area contributed by atoms with Gasteiger partial charge in [0.15, 0.2) is 5.69 Å². The number of nitrogens with one attached hydrogen (secondary N) is 1. The number of aromatic nitrogens is 3. The van der Waals surface area contributed by atoms with Gasteiger partial charge in [0.25, 0.3) is 5.91 Å². The van der Waals surface area contributed by atoms with Crippen molar-refractivity contribution in [2.24, 2.45) is 0 Å². The molecule has 0 spiro atoms. The fraction of sp³-hybridized carbons (Fsp3) is 0.188. The van der Waals surface area contributed by atoms with Crippen LogP contribution in [0.4, 0.5) is 0 Å². The molecule has 1 amide bonds. The van der Waals surface area contributed by atoms with Gasteiger partial charge in [-0.25, -0.2) is 0 Å². The van der Waals surface area contributed by atoms with E-state index in [1.165, 1.54) is 0 Å². The van der Waals surface area contributed by atoms with Crippen molar-refractivity contribution in [2.75, 3.05) is 13.2 Å². The van der Waals surface area contributed by atoms with E-state index < -0.39 is 0 Å². The summed E-state index contributed by atoms with van der Waals surface area (Å²) >= 11 is 0. The Hall–Kier alpha value is -2.89. The maximum absolute atomic E-state index is 12.8. The first kappa shape index (κ1) is 12.8. The van der Waals surface area contributed by atoms with Crippen LogP contribution in [0.5, 0.6) is 5.75 Å². The minimum Gasteiger partial charge on any atom is -0.490 e. The molecule has 3 heterocycles. The number of nitrogens with zero attached hydrogens (tertiary/aromatic N) is 3. The van der Waals surface area contributed by atoms with E-state index in [0.717, 1.165) is 22.2 Å². The average molecular weight is 294 g/mol. The van der Waals surface area contributed by atoms with Gasteiger partial charge in [0, 0.05) is 23.7 Å². The molecule has 0 unspecified atom stereocenters. The van der Waals surface area contributed by atoms with Gasteiger partial charge >= 0.3 is 0 Å². The van der Waals surface area contributed by atoms with Crippen LogP contribution in [0, 0.1) is 0 Å². The van der Waals surface area contributed by atoms with Crippen molar-refractivity contribution in [3.05, 3.63) is 54.0 Å². The highest BCUT2D eigenvalue weighted by molar-refractivity contribution is 6.04. The number of para-hydroxylation sites is 1. The highest BCUT2D eigenvalue weighted by atomic mass is 16.5. The Balaban J connectivity index is 1.68. The third-order valence-corrected chi connectivity index (χ3v) is 3.81. The molecule has 0 saturated heterocycles. The summed E-state index contributed by atoms with van der Waals surface area (Å²) in [5, 5.41) is 7.93. The van der Waals surface area contributed by atoms with Crippen LogP contribution in [-0.4, -0.2) is 39.1 Å². The van der Waals surface area contributed by atoms with Gasteiger partial charge in [-0.2, -0.15) is 5.10 Å². The fourth-order valence-corrected chi connectivity index (χ4v) is 2.67. The summed E-state index contributed by atoms with van der Waals surface area (Å²) in [7, 11) is 0. The van der Waals surface area contributed by atoms with Gasteiger partial charge in [0.1, 0.15) is 12.4 Å². The molecule has 0 saturated carbocycles. The molecule has 1 aliphatic heterocycles. The van der Waals surface area contributed by atoms with Crippen LogP contribution in [0.2, 0.25) is 0 Å². The van der Waals surface area contributed by atoms with Crippen LogP contribution >= 0.6 is 0 Å². The summed E-state index contributed by atoms with van der Waals surface area (Å²) in [4.78, 5) is 18.6. The van der Waals surface area contributed by atoms with Crippen molar-refractivity contribution in [2.45, 2.75) is 6.54 Å². The Morgan fingerprint density at radius 2 is 2.18 bits per heavy atom. The molecule has 1 aromatic carbocycles. The molecule has 0 radical (unpaired) electrons. The predicted molar refractivity (Wildman–Crippen MR) is 80.6 cm³/mol. The molecular formula is C16H14N4O2. The predicted octanol–water partition coefficient (Wildman–Crippen LogP) is 1.99. The summed E-state index contributed by atoms with van der Waals surface area (Å²) in [6, 6.07) is 9.51. The highest BCUT2D eigenvalue weighted by Crippen LogP contribution is 2.23. The number of hydrogen-bond donors (Lipinski definition) is 1. The molecule has 1 N–H and O–H groups in total. The summed E-state index contributed by atoms with van der Waals surface area (Å²) in [6.45, 7) is 1.47. The zero-order valence-corrected chi connectivity index (χ0v) is 11.8. The summed E-state index contributed by atoms with van der Waals surface area (Å²) in [5.74, 6) is 0.649. The van der Waals surface area contributed by atoms with Gasteiger partial charge in [0.2, 0.25) is 0 Å². The zero-order chi connectivity index (χ0) is 14.9. The number of carbonyl (C=O) groups is 1. The van der Waals surface area contributed by atoms with E-state index in [2.05, 4.69) is 15.2 Å². The summed E-state index contributed by atoms with van der Waals surface area (Å²) < 4.78 is 5.65. The largest absolute Gasteiger partial charge is 0.490 e. The minimum atomic E-state index is -0.0919. The molecular weight excluding hydrogens is 280 g/mol. The lowest BCUT2D eigenvalue weighted by molar-refractivity contribution is 0.0729. The molecule has 0 atom stereocenters. The molecule has 2 aromatic heterocycles. The molecule has 0 bridgehead atoms. The third-order valence-electron chi connectivity index (χ3n) is 3.81. The molecule has 1 aliphatic rings. The van der Waals surface area contributed by atoms with Gasteiger partial charge in [-0.05, 0) is 12.1 Å². The van der Waals surface area contributed by atoms with Crippen molar-refractivity contribution in [1.82, 2.24) is 20.1 Å². The van der Waals surface area contributed by atoms with Crippen LogP contribution in [0.25, 0.3) is 10.9 Å². The first-order valence-corrected chi connectivity index (χ1v) is 7.11. The molecule has 3 aromatic rings. The third kappa shape index (κ3) is 2.09. The van der Waals surface area contributed by atoms with Crippen molar-refractivity contribution in [1.29, 1.82) is 0 Å². The maximum atomic E-state index is 12.8. The number of pyridine rings is 1. The highest BCUT2D eigenvalue weighted by Gasteiger charge is 2.24. The first-order valence-electron chi connectivity index (χ1n) is 7.11. The number of fused-ring (bicyclic) bond motifs is 2. The van der Waals surface area contributed by atoms with Crippen LogP contribution in [0.15, 0.2) is 42.7 Å². The van der Waals surface area contributed by atoms with E-state index >= 15 is 0 Å². The Kier molecular flexibility index (Phi) is 3.00. The molecule has 6 heteroatoms. The van der Waals surface area contributed by atoms with Gasteiger partial charge in [-0.1, -0.05) is 18.2 Å². The lowest BCUT2D eigenvalue weighted by Gasteiger charge is -2.18. The Bertz CT molecular complexity index is 843. The van der Waals surface area contributed by atoms with Gasteiger partial charge in [-0.3, -0.25) is 14.9 Å². The Morgan fingerprint density at radius 1 is 1.27 bits per heavy atom. The number of H-pyrrole nitrogens is 1. The van der Waals surface area contributed by atoms with Crippen molar-refractivity contribution < 1.29 is 9.53 Å². The Morgan fingerprint density at radius 3 is 3.14 bits per heavy atom. The minimum absolute atomic E-state index is 0.0919. The number of carbonyl (C=O) groups excluding carboxylic acids is 1. The molecule has 110 valence electrons. The second-order valence-electron chi connectivity index (χ2n) is 5.18. The molecule has 0 aliphatic carbocycles. The van der Waals surface area contributed by atoms with Gasteiger partial charge in [0.05, 0.1) is 18.3 Å². The number of hydrogen-bond acceptors (Lipinski definition) is 4. The van der Waals surface area contributed by atoms with Crippen molar-refractivity contribution in [3.8, 4) is 5.75 Å². The molecule has 0 fully saturated rings. The molecule has 22 heavy (non-hydrogen) atoms. The topological polar surface area (TPSA) is 71.1 Å². The van der Waals surface area contributed by atoms with Crippen LogP contribution in [0.1, 0.15) is 16.1 Å². The second-order valence-corrected chi connectivity index (χ2v) is 5.18. The SMILES string of the molecule is O=C(c1n[nH]c2ccccc12)N1CCOc2cnccc2C1. The van der Waals surface area contributed by atoms with E-state index in [-0.39, 0.29) is 5.91 Å². The van der Waals surface area contributed by atoms with Gasteiger partial charge < -0.3 is 9.64 Å². The van der Waals surface area contributed by atoms with Crippen LogP contribution < -0.4 is 4.74 Å². The average Bonchev–Trinajstić information content (AvgIpc) is 2.86. The van der Waals surface area contributed by atoms with E-state index in [9.17, 15) is 4.79 Å². The van der Waals surface area contributed by atoms with E-state index in [4.69, 9.17) is 4.74 Å². The lowest BCUT2D eigenvalue weighted by Crippen LogP contribution is -2.32. The van der Waals surface area contributed by atoms with Gasteiger partial charge in [-0.15, -0.1) is 0 Å². The van der Waals surface area contributed by atoms with Crippen LogP contribution in [0.3, 0.4) is 0 Å². The fourth-order valence-electron chi connectivity index (χ4n) is 2.67. The summed E-state index contributed by atoms with van der Waals surface area (Å²) in [5.41, 5.74) is 2.27. The zero-order valence-electron chi connectivity index (χ0n) is 11.8. The number of ether oxygens (including phenoxy) is 1. The summed E-state index contributed by atoms with van der Waals surface area (Å²) in [6.07, 6.45) is 3.40. The number of rotatable bonds is 1. The number of benzene rings is 1. The number of amides is 1. The molecule has 6 nitrogen and oxygen atoms in total. The second kappa shape index (κ2) is 5.14. The first-order chi connectivity index (χ1) is 10.8. The van der Waals surface area contributed by atoms with E-state index in [1.54, 1.807) is 17.3 Å². The smallest absolute Gasteiger partial charge is 0.275 e. The monoisotopic (exact) mass is 294 g/mol. The number of aromatic amines is 1. The quantitative estimate of drug-likeness (QED) is 0.745. The Labute approximate surface area is 126 Å². The standard InChI is InChI=1S/C16H14N4O2/c21-16(15-12-3-1-2-4-13(12)18-19-15)20-7-8-22-14-9-17-6-5-11(14)10-20/h1-6,9H,7-8,10H2,(H,18,19). The van der Waals surface area contributed by atoms with E-state index in [0.29, 0.717) is 25.4 Å². The maximum Gasteiger partial charge on any atom is 0.275 e. The lowest BCUT2D eigenvalue weighted by atomic mass is 10.2. The van der Waals surface area contributed by atoms with Crippen molar-refractivity contribution in [3.63, 3.8) is 0 Å². The molecule has 4 rings (SSSR count). The van der Waals surface area contributed by atoms with E-state index in [1.807, 2.05) is 30.3 Å². The van der Waals surface area contributed by atoms with Crippen LogP contribution in [-0.2, 0) is 6.54 Å². The normalized spacial score (nSPS) is 14.3. The van der Waals surface area contributed by atoms with Crippen molar-refractivity contribution >= 4 is 16.8 Å².